The van der Waals surface area contributed by atoms with Crippen LogP contribution in [0.2, 0.25) is 5.02 Å². The van der Waals surface area contributed by atoms with E-state index in [1.54, 1.807) is 22.9 Å². The molecule has 6 nitrogen and oxygen atoms in total. The summed E-state index contributed by atoms with van der Waals surface area (Å²) in [6.07, 6.45) is 0. The summed E-state index contributed by atoms with van der Waals surface area (Å²) in [7, 11) is 1.52. The largest absolute Gasteiger partial charge is 0.358 e. The van der Waals surface area contributed by atoms with Gasteiger partial charge >= 0.3 is 0 Å². The monoisotopic (exact) mass is 368 g/mol. The van der Waals surface area contributed by atoms with Gasteiger partial charge in [-0.1, -0.05) is 41.9 Å². The highest BCUT2D eigenvalue weighted by Gasteiger charge is 2.18. The van der Waals surface area contributed by atoms with Crippen LogP contribution in [0.1, 0.15) is 10.5 Å². The first-order valence-corrected chi connectivity index (χ1v) is 8.36. The average molecular weight is 369 g/mol. The number of para-hydroxylation sites is 1. The van der Waals surface area contributed by atoms with Gasteiger partial charge in [-0.3, -0.25) is 9.59 Å². The van der Waals surface area contributed by atoms with Gasteiger partial charge < -0.3 is 10.6 Å². The molecule has 0 aliphatic rings. The normalized spacial score (nSPS) is 10.4. The predicted octanol–water partition coefficient (Wildman–Crippen LogP) is 2.67. The van der Waals surface area contributed by atoms with E-state index in [9.17, 15) is 9.59 Å². The number of benzene rings is 2. The molecular formula is C19H17ClN4O2. The number of aromatic nitrogens is 2. The molecule has 1 aromatic heterocycles. The average Bonchev–Trinajstić information content (AvgIpc) is 3.12. The second kappa shape index (κ2) is 7.84. The molecule has 0 bridgehead atoms. The fraction of sp³-hybridized carbons (Fsp3) is 0.105. The molecule has 0 spiro atoms. The Balaban J connectivity index is 1.99. The number of rotatable bonds is 5. The highest BCUT2D eigenvalue weighted by molar-refractivity contribution is 6.30. The molecule has 0 atom stereocenters. The van der Waals surface area contributed by atoms with E-state index in [1.807, 2.05) is 42.5 Å². The van der Waals surface area contributed by atoms with Crippen LogP contribution in [0.4, 0.5) is 0 Å². The highest BCUT2D eigenvalue weighted by Crippen LogP contribution is 2.23. The Morgan fingerprint density at radius 2 is 1.77 bits per heavy atom. The van der Waals surface area contributed by atoms with Crippen molar-refractivity contribution < 1.29 is 9.59 Å². The third-order valence-corrected chi connectivity index (χ3v) is 4.02. The predicted molar refractivity (Wildman–Crippen MR) is 100 cm³/mol. The van der Waals surface area contributed by atoms with Crippen LogP contribution in [0.3, 0.4) is 0 Å². The molecule has 0 saturated heterocycles. The van der Waals surface area contributed by atoms with E-state index in [0.717, 1.165) is 11.3 Å². The third-order valence-electron chi connectivity index (χ3n) is 3.77. The molecule has 0 radical (unpaired) electrons. The zero-order valence-corrected chi connectivity index (χ0v) is 14.8. The van der Waals surface area contributed by atoms with E-state index in [4.69, 9.17) is 11.6 Å². The molecule has 1 heterocycles. The molecule has 0 aliphatic heterocycles. The van der Waals surface area contributed by atoms with Crippen LogP contribution in [-0.4, -0.2) is 35.2 Å². The topological polar surface area (TPSA) is 76.0 Å². The van der Waals surface area contributed by atoms with Gasteiger partial charge in [0.15, 0.2) is 0 Å². The molecule has 0 aliphatic carbocycles. The van der Waals surface area contributed by atoms with E-state index >= 15 is 0 Å². The standard InChI is InChI=1S/C19H17ClN4O2/c1-21-18(25)12-22-19(26)17-11-16(13-7-9-14(20)10-8-13)23-24(17)15-5-3-2-4-6-15/h2-11H,12H2,1H3,(H,21,25)(H,22,26). The van der Waals surface area contributed by atoms with Crippen molar-refractivity contribution in [2.75, 3.05) is 13.6 Å². The van der Waals surface area contributed by atoms with Gasteiger partial charge in [0.05, 0.1) is 17.9 Å². The number of nitrogens with zero attached hydrogens (tertiary/aromatic N) is 2. The van der Waals surface area contributed by atoms with Gasteiger partial charge in [0.2, 0.25) is 5.91 Å². The minimum absolute atomic E-state index is 0.106. The summed E-state index contributed by atoms with van der Waals surface area (Å²) in [5, 5.41) is 10.3. The number of hydrogen-bond donors (Lipinski definition) is 2. The Bertz CT molecular complexity index is 920. The molecule has 2 amide bonds. The van der Waals surface area contributed by atoms with Gasteiger partial charge in [-0.25, -0.2) is 4.68 Å². The Morgan fingerprint density at radius 3 is 2.42 bits per heavy atom. The quantitative estimate of drug-likeness (QED) is 0.727. The number of carbonyl (C=O) groups excluding carboxylic acids is 2. The van der Waals surface area contributed by atoms with Crippen LogP contribution in [0.5, 0.6) is 0 Å². The van der Waals surface area contributed by atoms with Crippen molar-refractivity contribution in [1.82, 2.24) is 20.4 Å². The number of nitrogens with one attached hydrogen (secondary N) is 2. The molecule has 3 rings (SSSR count). The molecule has 2 aromatic carbocycles. The number of halogens is 1. The third kappa shape index (κ3) is 3.92. The Labute approximate surface area is 155 Å². The summed E-state index contributed by atoms with van der Waals surface area (Å²) < 4.78 is 1.56. The molecule has 7 heteroatoms. The lowest BCUT2D eigenvalue weighted by atomic mass is 10.1. The number of amides is 2. The lowest BCUT2D eigenvalue weighted by Gasteiger charge is -2.07. The van der Waals surface area contributed by atoms with Crippen LogP contribution in [0.25, 0.3) is 16.9 Å². The molecule has 0 saturated carbocycles. The van der Waals surface area contributed by atoms with Crippen LogP contribution >= 0.6 is 11.6 Å². The lowest BCUT2D eigenvalue weighted by molar-refractivity contribution is -0.119. The lowest BCUT2D eigenvalue weighted by Crippen LogP contribution is -2.36. The maximum atomic E-state index is 12.6. The molecular weight excluding hydrogens is 352 g/mol. The zero-order chi connectivity index (χ0) is 18.5. The molecule has 132 valence electrons. The second-order valence-electron chi connectivity index (χ2n) is 5.52. The molecule has 2 N–H and O–H groups in total. The van der Waals surface area contributed by atoms with E-state index in [-0.39, 0.29) is 18.4 Å². The number of hydrogen-bond acceptors (Lipinski definition) is 3. The molecule has 26 heavy (non-hydrogen) atoms. The van der Waals surface area contributed by atoms with E-state index < -0.39 is 0 Å². The van der Waals surface area contributed by atoms with Crippen molar-refractivity contribution in [3.8, 4) is 16.9 Å². The fourth-order valence-corrected chi connectivity index (χ4v) is 2.54. The van der Waals surface area contributed by atoms with E-state index in [0.29, 0.717) is 16.4 Å². The summed E-state index contributed by atoms with van der Waals surface area (Å²) >= 11 is 5.94. The van der Waals surface area contributed by atoms with Crippen LogP contribution < -0.4 is 10.6 Å². The van der Waals surface area contributed by atoms with Crippen LogP contribution in [0.15, 0.2) is 60.7 Å². The first-order chi connectivity index (χ1) is 12.6. The summed E-state index contributed by atoms with van der Waals surface area (Å²) in [4.78, 5) is 24.0. The van der Waals surface area contributed by atoms with E-state index in [1.165, 1.54) is 7.05 Å². The highest BCUT2D eigenvalue weighted by atomic mass is 35.5. The van der Waals surface area contributed by atoms with Crippen molar-refractivity contribution in [3.63, 3.8) is 0 Å². The SMILES string of the molecule is CNC(=O)CNC(=O)c1cc(-c2ccc(Cl)cc2)nn1-c1ccccc1. The van der Waals surface area contributed by atoms with Crippen molar-refractivity contribution in [3.05, 3.63) is 71.4 Å². The van der Waals surface area contributed by atoms with Crippen molar-refractivity contribution in [2.45, 2.75) is 0 Å². The van der Waals surface area contributed by atoms with E-state index in [2.05, 4.69) is 15.7 Å². The summed E-state index contributed by atoms with van der Waals surface area (Å²) in [6, 6.07) is 18.2. The maximum Gasteiger partial charge on any atom is 0.270 e. The number of likely N-dealkylation sites (N-methyl/N-ethyl adjacent to an activating group) is 1. The van der Waals surface area contributed by atoms with Crippen molar-refractivity contribution in [1.29, 1.82) is 0 Å². The van der Waals surface area contributed by atoms with Crippen molar-refractivity contribution >= 4 is 23.4 Å². The Morgan fingerprint density at radius 1 is 1.08 bits per heavy atom. The molecule has 0 fully saturated rings. The molecule has 3 aromatic rings. The van der Waals surface area contributed by atoms with Crippen molar-refractivity contribution in [2.24, 2.45) is 0 Å². The Hall–Kier alpha value is -3.12. The first kappa shape index (κ1) is 17.7. The van der Waals surface area contributed by atoms with Gasteiger partial charge in [-0.05, 0) is 30.3 Å². The first-order valence-electron chi connectivity index (χ1n) is 7.98. The number of carbonyl (C=O) groups is 2. The smallest absolute Gasteiger partial charge is 0.270 e. The van der Waals surface area contributed by atoms with Gasteiger partial charge in [0.1, 0.15) is 5.69 Å². The zero-order valence-electron chi connectivity index (χ0n) is 14.1. The van der Waals surface area contributed by atoms with Crippen LogP contribution in [0, 0.1) is 0 Å². The van der Waals surface area contributed by atoms with Crippen LogP contribution in [-0.2, 0) is 4.79 Å². The fourth-order valence-electron chi connectivity index (χ4n) is 2.41. The minimum atomic E-state index is -0.384. The van der Waals surface area contributed by atoms with Gasteiger partial charge in [-0.15, -0.1) is 0 Å². The molecule has 0 unspecified atom stereocenters. The Kier molecular flexibility index (Phi) is 5.34. The summed E-state index contributed by atoms with van der Waals surface area (Å²) in [6.45, 7) is -0.106. The second-order valence-corrected chi connectivity index (χ2v) is 5.96. The summed E-state index contributed by atoms with van der Waals surface area (Å²) in [5.41, 5.74) is 2.56. The summed E-state index contributed by atoms with van der Waals surface area (Å²) in [5.74, 6) is -0.660. The van der Waals surface area contributed by atoms with Gasteiger partial charge in [-0.2, -0.15) is 5.10 Å². The minimum Gasteiger partial charge on any atom is -0.358 e. The van der Waals surface area contributed by atoms with Gasteiger partial charge in [0, 0.05) is 17.6 Å². The van der Waals surface area contributed by atoms with Gasteiger partial charge in [0.25, 0.3) is 5.91 Å². The maximum absolute atomic E-state index is 12.6.